The molecule has 140 valence electrons. The summed E-state index contributed by atoms with van der Waals surface area (Å²) >= 11 is 6.42. The third kappa shape index (κ3) is 2.91. The fourth-order valence-corrected chi connectivity index (χ4v) is 4.27. The van der Waals surface area contributed by atoms with Crippen LogP contribution in [0.3, 0.4) is 0 Å². The van der Waals surface area contributed by atoms with Crippen molar-refractivity contribution in [2.75, 3.05) is 13.1 Å². The van der Waals surface area contributed by atoms with Gasteiger partial charge < -0.3 is 10.3 Å². The van der Waals surface area contributed by atoms with Crippen LogP contribution in [-0.4, -0.2) is 33.3 Å². The molecule has 0 amide bonds. The molecule has 1 saturated heterocycles. The summed E-state index contributed by atoms with van der Waals surface area (Å²) in [6, 6.07) is 13.6. The summed E-state index contributed by atoms with van der Waals surface area (Å²) < 4.78 is 0. The molecule has 28 heavy (non-hydrogen) atoms. The Morgan fingerprint density at radius 3 is 2.71 bits per heavy atom. The fourth-order valence-electron chi connectivity index (χ4n) is 3.99. The molecule has 2 aromatic carbocycles. The highest BCUT2D eigenvalue weighted by Gasteiger charge is 2.33. The van der Waals surface area contributed by atoms with E-state index in [-0.39, 0.29) is 17.4 Å². The van der Waals surface area contributed by atoms with Crippen molar-refractivity contribution in [3.05, 3.63) is 81.6 Å². The minimum absolute atomic E-state index is 0.0607. The molecule has 0 aliphatic carbocycles. The van der Waals surface area contributed by atoms with E-state index >= 15 is 0 Å². The molecule has 0 saturated carbocycles. The molecule has 2 unspecified atom stereocenters. The Balaban J connectivity index is 1.57. The topological polar surface area (TPSA) is 86.5 Å². The second-order valence-corrected chi connectivity index (χ2v) is 7.47. The number of fused-ring (bicyclic) bond motifs is 1. The second-order valence-electron chi connectivity index (χ2n) is 7.06. The van der Waals surface area contributed by atoms with Crippen LogP contribution < -0.4 is 10.9 Å². The van der Waals surface area contributed by atoms with Crippen LogP contribution >= 0.6 is 11.6 Å². The van der Waals surface area contributed by atoms with Gasteiger partial charge in [0.25, 0.3) is 5.56 Å². The van der Waals surface area contributed by atoms with E-state index in [9.17, 15) is 4.79 Å². The molecular weight excluding hydrogens is 374 g/mol. The average molecular weight is 392 g/mol. The highest BCUT2D eigenvalue weighted by Crippen LogP contribution is 2.37. The summed E-state index contributed by atoms with van der Waals surface area (Å²) in [5, 5.41) is 11.5. The molecule has 5 rings (SSSR count). The van der Waals surface area contributed by atoms with Crippen LogP contribution in [0.5, 0.6) is 0 Å². The van der Waals surface area contributed by atoms with E-state index in [1.54, 1.807) is 12.4 Å². The number of halogens is 1. The molecular formula is C21H18ClN5O. The largest absolute Gasteiger partial charge is 0.315 e. The molecule has 0 spiro atoms. The molecule has 0 radical (unpaired) electrons. The Kier molecular flexibility index (Phi) is 4.22. The lowest BCUT2D eigenvalue weighted by molar-refractivity contribution is 0.627. The molecule has 2 aromatic heterocycles. The lowest BCUT2D eigenvalue weighted by atomic mass is 9.88. The summed E-state index contributed by atoms with van der Waals surface area (Å²) in [7, 11) is 0. The number of aromatic nitrogens is 4. The van der Waals surface area contributed by atoms with Gasteiger partial charge in [0.2, 0.25) is 0 Å². The molecule has 1 aliphatic heterocycles. The molecule has 7 heteroatoms. The monoisotopic (exact) mass is 391 g/mol. The van der Waals surface area contributed by atoms with Crippen LogP contribution in [0, 0.1) is 0 Å². The number of H-pyrrole nitrogens is 2. The maximum atomic E-state index is 12.8. The van der Waals surface area contributed by atoms with E-state index in [2.05, 4.69) is 20.5 Å². The normalized spacial score (nSPS) is 19.3. The van der Waals surface area contributed by atoms with Crippen molar-refractivity contribution >= 4 is 22.5 Å². The van der Waals surface area contributed by atoms with Gasteiger partial charge in [0.05, 0.1) is 17.1 Å². The molecule has 3 heterocycles. The van der Waals surface area contributed by atoms with Crippen LogP contribution in [0.15, 0.2) is 59.7 Å². The predicted octanol–water partition coefficient (Wildman–Crippen LogP) is 3.44. The SMILES string of the molecule is O=c1[nH]c(C2CNCC2c2ccccc2Cl)nc2ccc(-c3cn[nH]c3)cc12. The Hall–Kier alpha value is -2.96. The summed E-state index contributed by atoms with van der Waals surface area (Å²) in [4.78, 5) is 20.6. The Bertz CT molecular complexity index is 1200. The van der Waals surface area contributed by atoms with Gasteiger partial charge in [0.1, 0.15) is 5.82 Å². The fraction of sp³-hybridized carbons (Fsp3) is 0.190. The van der Waals surface area contributed by atoms with Crippen molar-refractivity contribution in [2.45, 2.75) is 11.8 Å². The molecule has 1 aliphatic rings. The maximum absolute atomic E-state index is 12.8. The zero-order valence-corrected chi connectivity index (χ0v) is 15.7. The van der Waals surface area contributed by atoms with Crippen LogP contribution in [0.25, 0.3) is 22.0 Å². The number of aromatic amines is 2. The summed E-state index contributed by atoms with van der Waals surface area (Å²) in [6.07, 6.45) is 3.53. The van der Waals surface area contributed by atoms with E-state index in [4.69, 9.17) is 16.6 Å². The number of rotatable bonds is 3. The van der Waals surface area contributed by atoms with E-state index in [1.807, 2.05) is 42.5 Å². The van der Waals surface area contributed by atoms with Crippen molar-refractivity contribution in [3.63, 3.8) is 0 Å². The Morgan fingerprint density at radius 2 is 1.89 bits per heavy atom. The van der Waals surface area contributed by atoms with E-state index < -0.39 is 0 Å². The molecule has 4 aromatic rings. The number of hydrogen-bond donors (Lipinski definition) is 3. The van der Waals surface area contributed by atoms with Crippen molar-refractivity contribution < 1.29 is 0 Å². The van der Waals surface area contributed by atoms with Gasteiger partial charge in [-0.05, 0) is 29.3 Å². The minimum atomic E-state index is -0.129. The highest BCUT2D eigenvalue weighted by molar-refractivity contribution is 6.31. The standard InChI is InChI=1S/C21H18ClN5O/c22-18-4-2-1-3-14(18)16-10-23-11-17(16)20-26-19-6-5-12(13-8-24-25-9-13)7-15(19)21(28)27-20/h1-9,16-17,23H,10-11H2,(H,24,25)(H,26,27,28). The van der Waals surface area contributed by atoms with Crippen LogP contribution in [0.1, 0.15) is 23.2 Å². The van der Waals surface area contributed by atoms with Crippen molar-refractivity contribution in [1.29, 1.82) is 0 Å². The number of hydrogen-bond acceptors (Lipinski definition) is 4. The van der Waals surface area contributed by atoms with Crippen molar-refractivity contribution in [2.24, 2.45) is 0 Å². The summed E-state index contributed by atoms with van der Waals surface area (Å²) in [5.74, 6) is 0.925. The van der Waals surface area contributed by atoms with Gasteiger partial charge in [0, 0.05) is 41.7 Å². The van der Waals surface area contributed by atoms with Crippen LogP contribution in [0.4, 0.5) is 0 Å². The first-order valence-electron chi connectivity index (χ1n) is 9.19. The Labute approximate surface area is 166 Å². The zero-order valence-electron chi connectivity index (χ0n) is 14.9. The second kappa shape index (κ2) is 6.89. The summed E-state index contributed by atoms with van der Waals surface area (Å²) in [5.41, 5.74) is 3.50. The zero-order chi connectivity index (χ0) is 19.1. The van der Waals surface area contributed by atoms with Crippen molar-refractivity contribution in [3.8, 4) is 11.1 Å². The first-order chi connectivity index (χ1) is 13.7. The predicted molar refractivity (Wildman–Crippen MR) is 110 cm³/mol. The quantitative estimate of drug-likeness (QED) is 0.499. The molecule has 6 nitrogen and oxygen atoms in total. The van der Waals surface area contributed by atoms with E-state index in [1.165, 1.54) is 0 Å². The lowest BCUT2D eigenvalue weighted by Gasteiger charge is -2.19. The van der Waals surface area contributed by atoms with Gasteiger partial charge in [-0.1, -0.05) is 35.9 Å². The Morgan fingerprint density at radius 1 is 1.04 bits per heavy atom. The number of benzene rings is 2. The van der Waals surface area contributed by atoms with E-state index in [0.29, 0.717) is 16.7 Å². The molecule has 0 bridgehead atoms. The maximum Gasteiger partial charge on any atom is 0.258 e. The minimum Gasteiger partial charge on any atom is -0.315 e. The summed E-state index contributed by atoms with van der Waals surface area (Å²) in [6.45, 7) is 1.55. The van der Waals surface area contributed by atoms with E-state index in [0.717, 1.165) is 34.8 Å². The third-order valence-corrected chi connectivity index (χ3v) is 5.77. The van der Waals surface area contributed by atoms with Gasteiger partial charge in [-0.3, -0.25) is 9.89 Å². The average Bonchev–Trinajstić information content (AvgIpc) is 3.40. The van der Waals surface area contributed by atoms with Gasteiger partial charge in [-0.25, -0.2) is 4.98 Å². The smallest absolute Gasteiger partial charge is 0.258 e. The molecule has 1 fully saturated rings. The third-order valence-electron chi connectivity index (χ3n) is 5.43. The van der Waals surface area contributed by atoms with Crippen LogP contribution in [0.2, 0.25) is 5.02 Å². The number of nitrogens with zero attached hydrogens (tertiary/aromatic N) is 2. The number of nitrogens with one attached hydrogen (secondary N) is 3. The highest BCUT2D eigenvalue weighted by atomic mass is 35.5. The van der Waals surface area contributed by atoms with Gasteiger partial charge in [-0.15, -0.1) is 0 Å². The van der Waals surface area contributed by atoms with Gasteiger partial charge in [0.15, 0.2) is 0 Å². The molecule has 3 N–H and O–H groups in total. The first-order valence-corrected chi connectivity index (χ1v) is 9.57. The van der Waals surface area contributed by atoms with Crippen molar-refractivity contribution in [1.82, 2.24) is 25.5 Å². The van der Waals surface area contributed by atoms with Gasteiger partial charge >= 0.3 is 0 Å². The lowest BCUT2D eigenvalue weighted by Crippen LogP contribution is -2.19. The van der Waals surface area contributed by atoms with Crippen LogP contribution in [-0.2, 0) is 0 Å². The van der Waals surface area contributed by atoms with Gasteiger partial charge in [-0.2, -0.15) is 5.10 Å². The first kappa shape index (κ1) is 17.2. The molecule has 2 atom stereocenters.